The maximum Gasteiger partial charge on any atom is 0.227 e. The van der Waals surface area contributed by atoms with E-state index in [1.54, 1.807) is 21.3 Å². The number of hydrogen-bond acceptors (Lipinski definition) is 5. The van der Waals surface area contributed by atoms with E-state index in [0.29, 0.717) is 17.2 Å². The molecule has 0 aliphatic carbocycles. The Morgan fingerprint density at radius 1 is 1.14 bits per heavy atom. The fourth-order valence-corrected chi connectivity index (χ4v) is 3.99. The molecule has 1 saturated heterocycles. The number of nitrogens with one attached hydrogen (secondary N) is 1. The summed E-state index contributed by atoms with van der Waals surface area (Å²) < 4.78 is 16.2. The molecule has 4 rings (SSSR count). The highest BCUT2D eigenvalue weighted by Crippen LogP contribution is 2.39. The highest BCUT2D eigenvalue weighted by Gasteiger charge is 2.32. The average molecular weight is 395 g/mol. The largest absolute Gasteiger partial charge is 0.493 e. The molecular weight excluding hydrogens is 370 g/mol. The molecule has 0 radical (unpaired) electrons. The molecule has 2 aromatic carbocycles. The summed E-state index contributed by atoms with van der Waals surface area (Å²) in [5.74, 6) is 2.52. The van der Waals surface area contributed by atoms with Gasteiger partial charge in [0.2, 0.25) is 11.7 Å². The minimum Gasteiger partial charge on any atom is -0.493 e. The molecule has 1 amide bonds. The molecule has 1 aliphatic rings. The van der Waals surface area contributed by atoms with Crippen LogP contribution in [-0.2, 0) is 11.2 Å². The van der Waals surface area contributed by atoms with Gasteiger partial charge in [-0.25, -0.2) is 4.98 Å². The maximum absolute atomic E-state index is 13.1. The molecule has 0 bridgehead atoms. The Balaban J connectivity index is 1.57. The van der Waals surface area contributed by atoms with Crippen molar-refractivity contribution in [2.75, 3.05) is 27.9 Å². The first kappa shape index (κ1) is 19.1. The van der Waals surface area contributed by atoms with Gasteiger partial charge in [-0.05, 0) is 42.7 Å². The van der Waals surface area contributed by atoms with Gasteiger partial charge in [-0.1, -0.05) is 12.1 Å². The molecule has 7 nitrogen and oxygen atoms in total. The molecule has 1 atom stereocenters. The van der Waals surface area contributed by atoms with Gasteiger partial charge >= 0.3 is 0 Å². The Morgan fingerprint density at radius 2 is 1.86 bits per heavy atom. The van der Waals surface area contributed by atoms with Crippen molar-refractivity contribution >= 4 is 16.9 Å². The standard InChI is InChI=1S/C22H25N3O4/c1-27-18-11-14(12-19(28-2)21(18)29-3)13-20(26)25-10-6-9-17(25)22-23-15-7-4-5-8-16(15)24-22/h4-5,7-8,11-12,17H,6,9-10,13H2,1-3H3,(H,23,24). The van der Waals surface area contributed by atoms with Crippen molar-refractivity contribution in [2.45, 2.75) is 25.3 Å². The third kappa shape index (κ3) is 3.60. The predicted molar refractivity (Wildman–Crippen MR) is 110 cm³/mol. The fraction of sp³-hybridized carbons (Fsp3) is 0.364. The molecule has 0 spiro atoms. The second-order valence-electron chi connectivity index (χ2n) is 7.09. The van der Waals surface area contributed by atoms with Gasteiger partial charge in [-0.3, -0.25) is 4.79 Å². The van der Waals surface area contributed by atoms with Crippen LogP contribution in [0.25, 0.3) is 11.0 Å². The zero-order valence-corrected chi connectivity index (χ0v) is 16.9. The molecule has 3 aromatic rings. The Morgan fingerprint density at radius 3 is 2.52 bits per heavy atom. The van der Waals surface area contributed by atoms with Crippen molar-refractivity contribution in [3.05, 3.63) is 47.8 Å². The van der Waals surface area contributed by atoms with Crippen LogP contribution in [0.4, 0.5) is 0 Å². The van der Waals surface area contributed by atoms with E-state index in [9.17, 15) is 4.79 Å². The van der Waals surface area contributed by atoms with Crippen LogP contribution in [0.5, 0.6) is 17.2 Å². The van der Waals surface area contributed by atoms with Crippen molar-refractivity contribution in [3.8, 4) is 17.2 Å². The highest BCUT2D eigenvalue weighted by atomic mass is 16.5. The quantitative estimate of drug-likeness (QED) is 0.691. The van der Waals surface area contributed by atoms with Crippen molar-refractivity contribution in [1.29, 1.82) is 0 Å². The van der Waals surface area contributed by atoms with E-state index in [1.165, 1.54) is 0 Å². The van der Waals surface area contributed by atoms with E-state index in [2.05, 4.69) is 4.98 Å². The van der Waals surface area contributed by atoms with Gasteiger partial charge in [0.1, 0.15) is 5.82 Å². The zero-order chi connectivity index (χ0) is 20.4. The minimum absolute atomic E-state index is 0.0306. The number of nitrogens with zero attached hydrogens (tertiary/aromatic N) is 2. The van der Waals surface area contributed by atoms with Crippen molar-refractivity contribution in [3.63, 3.8) is 0 Å². The number of imidazole rings is 1. The molecule has 29 heavy (non-hydrogen) atoms. The van der Waals surface area contributed by atoms with E-state index in [0.717, 1.165) is 41.8 Å². The summed E-state index contributed by atoms with van der Waals surface area (Å²) in [4.78, 5) is 23.1. The summed E-state index contributed by atoms with van der Waals surface area (Å²) in [5, 5.41) is 0. The lowest BCUT2D eigenvalue weighted by molar-refractivity contribution is -0.131. The van der Waals surface area contributed by atoms with Gasteiger partial charge in [-0.15, -0.1) is 0 Å². The lowest BCUT2D eigenvalue weighted by atomic mass is 10.1. The smallest absolute Gasteiger partial charge is 0.227 e. The third-order valence-electron chi connectivity index (χ3n) is 5.38. The number of carbonyl (C=O) groups is 1. The summed E-state index contributed by atoms with van der Waals surface area (Å²) in [5.41, 5.74) is 2.73. The first-order valence-electron chi connectivity index (χ1n) is 9.67. The van der Waals surface area contributed by atoms with Crippen LogP contribution in [-0.4, -0.2) is 48.6 Å². The lowest BCUT2D eigenvalue weighted by Crippen LogP contribution is -2.32. The van der Waals surface area contributed by atoms with Crippen LogP contribution in [0.3, 0.4) is 0 Å². The zero-order valence-electron chi connectivity index (χ0n) is 16.9. The van der Waals surface area contributed by atoms with Gasteiger partial charge < -0.3 is 24.1 Å². The number of hydrogen-bond donors (Lipinski definition) is 1. The first-order valence-corrected chi connectivity index (χ1v) is 9.67. The molecule has 1 N–H and O–H groups in total. The molecule has 1 unspecified atom stereocenters. The molecule has 7 heteroatoms. The summed E-state index contributed by atoms with van der Waals surface area (Å²) >= 11 is 0. The summed E-state index contributed by atoms with van der Waals surface area (Å²) in [6, 6.07) is 11.5. The van der Waals surface area contributed by atoms with E-state index in [4.69, 9.17) is 19.2 Å². The fourth-order valence-electron chi connectivity index (χ4n) is 3.99. The molecule has 1 aromatic heterocycles. The normalized spacial score (nSPS) is 16.2. The Bertz CT molecular complexity index is 972. The number of aromatic amines is 1. The molecule has 1 fully saturated rings. The monoisotopic (exact) mass is 395 g/mol. The van der Waals surface area contributed by atoms with Crippen LogP contribution in [0, 0.1) is 0 Å². The number of carbonyl (C=O) groups excluding carboxylic acids is 1. The number of methoxy groups -OCH3 is 3. The number of rotatable bonds is 6. The summed E-state index contributed by atoms with van der Waals surface area (Å²) in [7, 11) is 4.70. The SMILES string of the molecule is COc1cc(CC(=O)N2CCCC2c2nc3ccccc3[nH]2)cc(OC)c1OC. The van der Waals surface area contributed by atoms with Crippen LogP contribution in [0.15, 0.2) is 36.4 Å². The van der Waals surface area contributed by atoms with E-state index in [1.807, 2.05) is 41.3 Å². The van der Waals surface area contributed by atoms with E-state index in [-0.39, 0.29) is 18.4 Å². The van der Waals surface area contributed by atoms with Gasteiger partial charge in [-0.2, -0.15) is 0 Å². The number of para-hydroxylation sites is 2. The van der Waals surface area contributed by atoms with Crippen LogP contribution >= 0.6 is 0 Å². The number of amides is 1. The van der Waals surface area contributed by atoms with Crippen molar-refractivity contribution in [2.24, 2.45) is 0 Å². The van der Waals surface area contributed by atoms with Crippen molar-refractivity contribution < 1.29 is 19.0 Å². The number of ether oxygens (including phenoxy) is 3. The lowest BCUT2D eigenvalue weighted by Gasteiger charge is -2.23. The second kappa shape index (κ2) is 8.03. The van der Waals surface area contributed by atoms with Crippen LogP contribution in [0.2, 0.25) is 0 Å². The Kier molecular flexibility index (Phi) is 5.29. The highest BCUT2D eigenvalue weighted by molar-refractivity contribution is 5.80. The summed E-state index contributed by atoms with van der Waals surface area (Å²) in [6.45, 7) is 0.727. The van der Waals surface area contributed by atoms with Gasteiger partial charge in [0.15, 0.2) is 11.5 Å². The van der Waals surface area contributed by atoms with Gasteiger partial charge in [0, 0.05) is 6.54 Å². The van der Waals surface area contributed by atoms with Gasteiger partial charge in [0.05, 0.1) is 44.8 Å². The number of H-pyrrole nitrogens is 1. The number of benzene rings is 2. The number of fused-ring (bicyclic) bond motifs is 1. The average Bonchev–Trinajstić information content (AvgIpc) is 3.39. The number of aromatic nitrogens is 2. The Hall–Kier alpha value is -3.22. The molecule has 1 aliphatic heterocycles. The molecule has 2 heterocycles. The van der Waals surface area contributed by atoms with Gasteiger partial charge in [0.25, 0.3) is 0 Å². The molecular formula is C22H25N3O4. The maximum atomic E-state index is 13.1. The third-order valence-corrected chi connectivity index (χ3v) is 5.38. The van der Waals surface area contributed by atoms with Crippen LogP contribution in [0.1, 0.15) is 30.3 Å². The Labute approximate surface area is 169 Å². The second-order valence-corrected chi connectivity index (χ2v) is 7.09. The van der Waals surface area contributed by atoms with E-state index >= 15 is 0 Å². The van der Waals surface area contributed by atoms with Crippen molar-refractivity contribution in [1.82, 2.24) is 14.9 Å². The molecule has 152 valence electrons. The molecule has 0 saturated carbocycles. The predicted octanol–water partition coefficient (Wildman–Crippen LogP) is 3.49. The number of likely N-dealkylation sites (tertiary alicyclic amines) is 1. The minimum atomic E-state index is -0.0306. The van der Waals surface area contributed by atoms with Crippen LogP contribution < -0.4 is 14.2 Å². The first-order chi connectivity index (χ1) is 14.1. The van der Waals surface area contributed by atoms with E-state index < -0.39 is 0 Å². The topological polar surface area (TPSA) is 76.7 Å². The summed E-state index contributed by atoms with van der Waals surface area (Å²) in [6.07, 6.45) is 2.12.